The smallest absolute Gasteiger partial charge is 0.161 e. The maximum Gasteiger partial charge on any atom is 0.161 e. The van der Waals surface area contributed by atoms with E-state index in [1.165, 1.54) is 0 Å². The van der Waals surface area contributed by atoms with Gasteiger partial charge in [0, 0.05) is 13.1 Å². The summed E-state index contributed by atoms with van der Waals surface area (Å²) in [5, 5.41) is 8.93. The van der Waals surface area contributed by atoms with Crippen molar-refractivity contribution in [2.75, 3.05) is 32.0 Å². The summed E-state index contributed by atoms with van der Waals surface area (Å²) in [5.74, 6) is 0.805. The van der Waals surface area contributed by atoms with Gasteiger partial charge in [-0.2, -0.15) is 5.26 Å². The highest BCUT2D eigenvalue weighted by atomic mass is 16.5. The Kier molecular flexibility index (Phi) is 3.75. The number of nitriles is 1. The first-order valence-electron chi connectivity index (χ1n) is 6.03. The Bertz CT molecular complexity index is 459. The summed E-state index contributed by atoms with van der Waals surface area (Å²) in [6, 6.07) is 2.01. The third-order valence-corrected chi connectivity index (χ3v) is 3.13. The summed E-state index contributed by atoms with van der Waals surface area (Å²) >= 11 is 0. The van der Waals surface area contributed by atoms with E-state index in [1.807, 2.05) is 6.07 Å². The van der Waals surface area contributed by atoms with Crippen molar-refractivity contribution in [3.8, 4) is 6.07 Å². The minimum absolute atomic E-state index is 0.160. The number of aromatic nitrogens is 2. The lowest BCUT2D eigenvalue weighted by molar-refractivity contribution is -0.0325. The number of hydrogen-bond donors (Lipinski definition) is 1. The van der Waals surface area contributed by atoms with E-state index in [4.69, 9.17) is 15.7 Å². The number of aryl methyl sites for hydroxylation is 1. The predicted octanol–water partition coefficient (Wildman–Crippen LogP) is 0.632. The lowest BCUT2D eigenvalue weighted by atomic mass is 10.2. The van der Waals surface area contributed by atoms with E-state index in [9.17, 15) is 0 Å². The minimum Gasteiger partial charge on any atom is -0.382 e. The number of nitrogens with two attached hydrogens (primary N) is 1. The molecule has 0 aromatic carbocycles. The van der Waals surface area contributed by atoms with Crippen LogP contribution in [0.15, 0.2) is 0 Å². The molecule has 1 aromatic rings. The number of nitrogens with zero attached hydrogens (tertiary/aromatic N) is 4. The second kappa shape index (κ2) is 5.29. The molecule has 2 heterocycles. The molecule has 2 N–H and O–H groups in total. The highest BCUT2D eigenvalue weighted by Crippen LogP contribution is 2.22. The Morgan fingerprint density at radius 2 is 2.33 bits per heavy atom. The van der Waals surface area contributed by atoms with E-state index in [2.05, 4.69) is 21.8 Å². The third kappa shape index (κ3) is 2.42. The van der Waals surface area contributed by atoms with E-state index in [0.717, 1.165) is 19.6 Å². The van der Waals surface area contributed by atoms with Crippen molar-refractivity contribution in [3.05, 3.63) is 17.1 Å². The van der Waals surface area contributed by atoms with Crippen molar-refractivity contribution in [1.82, 2.24) is 14.9 Å². The van der Waals surface area contributed by atoms with Gasteiger partial charge in [0.1, 0.15) is 23.6 Å². The fourth-order valence-corrected chi connectivity index (χ4v) is 2.05. The molecule has 1 aliphatic rings. The molecule has 1 aliphatic heterocycles. The van der Waals surface area contributed by atoms with Gasteiger partial charge in [-0.25, -0.2) is 9.97 Å². The number of rotatable bonds is 2. The Morgan fingerprint density at radius 1 is 1.56 bits per heavy atom. The molecule has 0 radical (unpaired) electrons. The number of nitrogen functional groups attached to an aromatic ring is 1. The monoisotopic (exact) mass is 247 g/mol. The van der Waals surface area contributed by atoms with Gasteiger partial charge < -0.3 is 10.5 Å². The average molecular weight is 247 g/mol. The summed E-state index contributed by atoms with van der Waals surface area (Å²) in [6.45, 7) is 7.21. The quantitative estimate of drug-likeness (QED) is 0.824. The van der Waals surface area contributed by atoms with Crippen LogP contribution in [0.3, 0.4) is 0 Å². The standard InChI is InChI=1S/C12H17N5O/c1-3-17-4-5-18-10(7-17)12-15-8(2)9(6-13)11(14)16-12/h10H,3-5,7H2,1-2H3,(H2,14,15,16). The summed E-state index contributed by atoms with van der Waals surface area (Å²) in [5.41, 5.74) is 6.72. The SMILES string of the molecule is CCN1CCOC(c2nc(C)c(C#N)c(N)n2)C1. The molecular formula is C12H17N5O. The van der Waals surface area contributed by atoms with Gasteiger partial charge in [0.15, 0.2) is 5.82 Å². The topological polar surface area (TPSA) is 88.1 Å². The number of likely N-dealkylation sites (N-methyl/N-ethyl adjacent to an activating group) is 1. The molecule has 0 saturated carbocycles. The molecular weight excluding hydrogens is 230 g/mol. The third-order valence-electron chi connectivity index (χ3n) is 3.13. The number of ether oxygens (including phenoxy) is 1. The van der Waals surface area contributed by atoms with Gasteiger partial charge in [0.2, 0.25) is 0 Å². The molecule has 0 bridgehead atoms. The van der Waals surface area contributed by atoms with Crippen LogP contribution in [0, 0.1) is 18.3 Å². The Labute approximate surface area is 106 Å². The molecule has 0 spiro atoms. The molecule has 1 fully saturated rings. The molecule has 1 unspecified atom stereocenters. The summed E-state index contributed by atoms with van der Waals surface area (Å²) in [4.78, 5) is 10.8. The molecule has 1 atom stereocenters. The first-order chi connectivity index (χ1) is 8.65. The van der Waals surface area contributed by atoms with Crippen LogP contribution in [0.5, 0.6) is 0 Å². The van der Waals surface area contributed by atoms with Crippen molar-refractivity contribution in [1.29, 1.82) is 5.26 Å². The van der Waals surface area contributed by atoms with Crippen LogP contribution >= 0.6 is 0 Å². The molecule has 1 saturated heterocycles. The van der Waals surface area contributed by atoms with Crippen LogP contribution in [0.4, 0.5) is 5.82 Å². The van der Waals surface area contributed by atoms with Gasteiger partial charge in [0.25, 0.3) is 0 Å². The van der Waals surface area contributed by atoms with Gasteiger partial charge >= 0.3 is 0 Å². The second-order valence-electron chi connectivity index (χ2n) is 4.29. The fourth-order valence-electron chi connectivity index (χ4n) is 2.05. The van der Waals surface area contributed by atoms with E-state index < -0.39 is 0 Å². The molecule has 96 valence electrons. The number of anilines is 1. The van der Waals surface area contributed by atoms with Crippen LogP contribution in [0.2, 0.25) is 0 Å². The first-order valence-corrected chi connectivity index (χ1v) is 6.03. The van der Waals surface area contributed by atoms with Crippen molar-refractivity contribution < 1.29 is 4.74 Å². The minimum atomic E-state index is -0.160. The zero-order valence-electron chi connectivity index (χ0n) is 10.7. The largest absolute Gasteiger partial charge is 0.382 e. The van der Waals surface area contributed by atoms with Crippen molar-refractivity contribution in [3.63, 3.8) is 0 Å². The predicted molar refractivity (Wildman–Crippen MR) is 66.7 cm³/mol. The average Bonchev–Trinajstić information content (AvgIpc) is 2.38. The fraction of sp³-hybridized carbons (Fsp3) is 0.583. The second-order valence-corrected chi connectivity index (χ2v) is 4.29. The summed E-state index contributed by atoms with van der Waals surface area (Å²) in [6.07, 6.45) is -0.160. The lowest BCUT2D eigenvalue weighted by Crippen LogP contribution is -2.38. The maximum absolute atomic E-state index is 8.93. The van der Waals surface area contributed by atoms with E-state index in [-0.39, 0.29) is 11.9 Å². The lowest BCUT2D eigenvalue weighted by Gasteiger charge is -2.31. The Balaban J connectivity index is 2.26. The number of hydrogen-bond acceptors (Lipinski definition) is 6. The molecule has 1 aromatic heterocycles. The van der Waals surface area contributed by atoms with Crippen molar-refractivity contribution in [2.24, 2.45) is 0 Å². The number of morpholine rings is 1. The molecule has 2 rings (SSSR count). The molecule has 0 aliphatic carbocycles. The maximum atomic E-state index is 8.93. The zero-order chi connectivity index (χ0) is 13.1. The Morgan fingerprint density at radius 3 is 2.94 bits per heavy atom. The highest BCUT2D eigenvalue weighted by Gasteiger charge is 2.24. The van der Waals surface area contributed by atoms with E-state index in [1.54, 1.807) is 6.92 Å². The molecule has 6 heteroatoms. The summed E-state index contributed by atoms with van der Waals surface area (Å²) in [7, 11) is 0. The van der Waals surface area contributed by atoms with Crippen LogP contribution in [-0.4, -0.2) is 41.1 Å². The molecule has 6 nitrogen and oxygen atoms in total. The first kappa shape index (κ1) is 12.7. The van der Waals surface area contributed by atoms with Gasteiger partial charge in [-0.1, -0.05) is 6.92 Å². The molecule has 0 amide bonds. The van der Waals surface area contributed by atoms with Crippen LogP contribution in [0.25, 0.3) is 0 Å². The van der Waals surface area contributed by atoms with Crippen molar-refractivity contribution >= 4 is 5.82 Å². The summed E-state index contributed by atoms with van der Waals surface area (Å²) < 4.78 is 5.67. The van der Waals surface area contributed by atoms with Crippen LogP contribution in [0.1, 0.15) is 30.1 Å². The highest BCUT2D eigenvalue weighted by molar-refractivity contribution is 5.50. The van der Waals surface area contributed by atoms with Gasteiger partial charge in [-0.3, -0.25) is 4.90 Å². The Hall–Kier alpha value is -1.71. The van der Waals surface area contributed by atoms with Gasteiger partial charge in [0.05, 0.1) is 12.3 Å². The van der Waals surface area contributed by atoms with Crippen LogP contribution < -0.4 is 5.73 Å². The zero-order valence-corrected chi connectivity index (χ0v) is 10.7. The normalized spacial score (nSPS) is 20.6. The van der Waals surface area contributed by atoms with Gasteiger partial charge in [-0.15, -0.1) is 0 Å². The molecule has 18 heavy (non-hydrogen) atoms. The van der Waals surface area contributed by atoms with E-state index >= 15 is 0 Å². The van der Waals surface area contributed by atoms with Crippen molar-refractivity contribution in [2.45, 2.75) is 20.0 Å². The van der Waals surface area contributed by atoms with Gasteiger partial charge in [-0.05, 0) is 13.5 Å². The van der Waals surface area contributed by atoms with Crippen LogP contribution in [-0.2, 0) is 4.74 Å². The van der Waals surface area contributed by atoms with E-state index in [0.29, 0.717) is 23.7 Å².